The summed E-state index contributed by atoms with van der Waals surface area (Å²) in [5.74, 6) is 0.887. The fourth-order valence-electron chi connectivity index (χ4n) is 1.40. The molecule has 0 aliphatic carbocycles. The number of hydrogen-bond acceptors (Lipinski definition) is 2. The Morgan fingerprint density at radius 2 is 2.07 bits per heavy atom. The van der Waals surface area contributed by atoms with Gasteiger partial charge in [0.25, 0.3) is 0 Å². The van der Waals surface area contributed by atoms with Gasteiger partial charge in [0.15, 0.2) is 0 Å². The maximum Gasteiger partial charge on any atom is 0.141 e. The molecule has 1 aliphatic heterocycles. The molecule has 2 nitrogen and oxygen atoms in total. The van der Waals surface area contributed by atoms with Gasteiger partial charge in [0, 0.05) is 13.6 Å². The van der Waals surface area contributed by atoms with Gasteiger partial charge in [0.05, 0.1) is 12.3 Å². The van der Waals surface area contributed by atoms with Crippen molar-refractivity contribution in [3.05, 3.63) is 36.3 Å². The van der Waals surface area contributed by atoms with Crippen molar-refractivity contribution in [3.63, 3.8) is 0 Å². The van der Waals surface area contributed by atoms with Crippen LogP contribution in [0.1, 0.15) is 27.2 Å². The third-order valence-corrected chi connectivity index (χ3v) is 2.07. The Labute approximate surface area is 93.9 Å². The zero-order chi connectivity index (χ0) is 11.7. The highest BCUT2D eigenvalue weighted by molar-refractivity contribution is 5.27. The average Bonchev–Trinajstić information content (AvgIpc) is 2.45. The molecule has 0 unspecified atom stereocenters. The predicted molar refractivity (Wildman–Crippen MR) is 66.6 cm³/mol. The van der Waals surface area contributed by atoms with Crippen molar-refractivity contribution in [1.29, 1.82) is 0 Å². The minimum atomic E-state index is 0.784. The molecule has 0 aromatic rings. The second kappa shape index (κ2) is 8.16. The van der Waals surface area contributed by atoms with Gasteiger partial charge in [-0.25, -0.2) is 0 Å². The van der Waals surface area contributed by atoms with Crippen molar-refractivity contribution in [2.45, 2.75) is 27.2 Å². The number of rotatable bonds is 2. The molecule has 0 bridgehead atoms. The van der Waals surface area contributed by atoms with Crippen LogP contribution in [0, 0.1) is 0 Å². The summed E-state index contributed by atoms with van der Waals surface area (Å²) in [7, 11) is 2.08. The normalized spacial score (nSPS) is 16.7. The first-order valence-electron chi connectivity index (χ1n) is 5.63. The summed E-state index contributed by atoms with van der Waals surface area (Å²) in [5, 5.41) is 0. The SMILES string of the molecule is C=CC1=C(/C=C\C)N(C)CCCO1.CC. The molecule has 0 aromatic carbocycles. The Balaban J connectivity index is 0.000000921. The van der Waals surface area contributed by atoms with Crippen LogP contribution in [0.4, 0.5) is 0 Å². The molecule has 1 aliphatic rings. The van der Waals surface area contributed by atoms with Crippen molar-refractivity contribution in [1.82, 2.24) is 4.90 Å². The van der Waals surface area contributed by atoms with Crippen LogP contribution in [-0.2, 0) is 4.74 Å². The van der Waals surface area contributed by atoms with Crippen molar-refractivity contribution >= 4 is 0 Å². The number of ether oxygens (including phenoxy) is 1. The zero-order valence-electron chi connectivity index (χ0n) is 10.4. The van der Waals surface area contributed by atoms with Crippen LogP contribution < -0.4 is 0 Å². The Morgan fingerprint density at radius 1 is 1.40 bits per heavy atom. The van der Waals surface area contributed by atoms with E-state index >= 15 is 0 Å². The van der Waals surface area contributed by atoms with E-state index in [1.165, 1.54) is 0 Å². The average molecular weight is 209 g/mol. The van der Waals surface area contributed by atoms with E-state index in [2.05, 4.69) is 24.6 Å². The van der Waals surface area contributed by atoms with Gasteiger partial charge in [0.1, 0.15) is 5.76 Å². The minimum absolute atomic E-state index is 0.784. The lowest BCUT2D eigenvalue weighted by molar-refractivity contribution is 0.226. The molecule has 2 heteroatoms. The lowest BCUT2D eigenvalue weighted by Crippen LogP contribution is -2.17. The van der Waals surface area contributed by atoms with E-state index in [1.807, 2.05) is 26.8 Å². The fourth-order valence-corrected chi connectivity index (χ4v) is 1.40. The van der Waals surface area contributed by atoms with E-state index in [-0.39, 0.29) is 0 Å². The van der Waals surface area contributed by atoms with Gasteiger partial charge in [-0.05, 0) is 25.5 Å². The number of hydrogen-bond donors (Lipinski definition) is 0. The second-order valence-corrected chi connectivity index (χ2v) is 3.08. The van der Waals surface area contributed by atoms with E-state index in [1.54, 1.807) is 6.08 Å². The first-order valence-corrected chi connectivity index (χ1v) is 5.63. The third-order valence-electron chi connectivity index (χ3n) is 2.07. The van der Waals surface area contributed by atoms with Gasteiger partial charge >= 0.3 is 0 Å². The lowest BCUT2D eigenvalue weighted by atomic mass is 10.3. The number of allylic oxidation sites excluding steroid dienone is 3. The summed E-state index contributed by atoms with van der Waals surface area (Å²) < 4.78 is 5.56. The van der Waals surface area contributed by atoms with Crippen LogP contribution in [0.15, 0.2) is 36.3 Å². The Morgan fingerprint density at radius 3 is 2.60 bits per heavy atom. The Hall–Kier alpha value is -1.18. The highest BCUT2D eigenvalue weighted by Gasteiger charge is 2.11. The van der Waals surface area contributed by atoms with Crippen LogP contribution in [0.5, 0.6) is 0 Å². The van der Waals surface area contributed by atoms with Crippen molar-refractivity contribution in [2.24, 2.45) is 0 Å². The summed E-state index contributed by atoms with van der Waals surface area (Å²) in [4.78, 5) is 2.20. The Kier molecular flexibility index (Phi) is 7.51. The van der Waals surface area contributed by atoms with E-state index in [0.29, 0.717) is 0 Å². The molecular formula is C13H23NO. The predicted octanol–water partition coefficient (Wildman–Crippen LogP) is 3.34. The summed E-state index contributed by atoms with van der Waals surface area (Å²) in [6.45, 7) is 11.6. The smallest absolute Gasteiger partial charge is 0.141 e. The number of nitrogens with zero attached hydrogens (tertiary/aromatic N) is 1. The highest BCUT2D eigenvalue weighted by Crippen LogP contribution is 2.17. The van der Waals surface area contributed by atoms with Crippen LogP contribution in [0.3, 0.4) is 0 Å². The topological polar surface area (TPSA) is 12.5 Å². The van der Waals surface area contributed by atoms with E-state index < -0.39 is 0 Å². The number of likely N-dealkylation sites (N-methyl/N-ethyl adjacent to an activating group) is 1. The molecule has 0 amide bonds. The van der Waals surface area contributed by atoms with Crippen LogP contribution in [0.2, 0.25) is 0 Å². The maximum atomic E-state index is 5.56. The van der Waals surface area contributed by atoms with Crippen LogP contribution in [-0.4, -0.2) is 25.1 Å². The Bertz CT molecular complexity index is 241. The summed E-state index contributed by atoms with van der Waals surface area (Å²) in [6, 6.07) is 0. The van der Waals surface area contributed by atoms with Crippen LogP contribution >= 0.6 is 0 Å². The quantitative estimate of drug-likeness (QED) is 0.691. The summed E-state index contributed by atoms with van der Waals surface area (Å²) in [6.07, 6.45) is 6.92. The molecule has 0 aromatic heterocycles. The van der Waals surface area contributed by atoms with Gasteiger partial charge in [-0.3, -0.25) is 0 Å². The van der Waals surface area contributed by atoms with E-state index in [0.717, 1.165) is 31.0 Å². The second-order valence-electron chi connectivity index (χ2n) is 3.08. The fraction of sp³-hybridized carbons (Fsp3) is 0.538. The largest absolute Gasteiger partial charge is 0.491 e. The molecule has 86 valence electrons. The third kappa shape index (κ3) is 4.24. The van der Waals surface area contributed by atoms with Crippen LogP contribution in [0.25, 0.3) is 0 Å². The van der Waals surface area contributed by atoms with Gasteiger partial charge in [-0.1, -0.05) is 26.5 Å². The molecule has 1 rings (SSSR count). The standard InChI is InChI=1S/C11H17NO.C2H6/c1-4-7-10-11(5-2)13-9-6-8-12(10)3;1-2/h4-5,7H,2,6,8-9H2,1,3H3;1-2H3/b7-4-;. The monoisotopic (exact) mass is 209 g/mol. The molecule has 1 heterocycles. The van der Waals surface area contributed by atoms with Gasteiger partial charge in [-0.15, -0.1) is 0 Å². The highest BCUT2D eigenvalue weighted by atomic mass is 16.5. The maximum absolute atomic E-state index is 5.56. The molecule has 15 heavy (non-hydrogen) atoms. The molecule has 0 spiro atoms. The first kappa shape index (κ1) is 13.8. The van der Waals surface area contributed by atoms with Gasteiger partial charge in [0.2, 0.25) is 0 Å². The zero-order valence-corrected chi connectivity index (χ0v) is 10.4. The molecule has 0 radical (unpaired) electrons. The van der Waals surface area contributed by atoms with Gasteiger partial charge in [-0.2, -0.15) is 0 Å². The van der Waals surface area contributed by atoms with Crippen molar-refractivity contribution < 1.29 is 4.74 Å². The molecule has 0 atom stereocenters. The molecule has 0 fully saturated rings. The van der Waals surface area contributed by atoms with Crippen molar-refractivity contribution in [3.8, 4) is 0 Å². The first-order chi connectivity index (χ1) is 7.29. The molecular weight excluding hydrogens is 186 g/mol. The van der Waals surface area contributed by atoms with E-state index in [9.17, 15) is 0 Å². The molecule has 0 N–H and O–H groups in total. The van der Waals surface area contributed by atoms with Gasteiger partial charge < -0.3 is 9.64 Å². The molecule has 0 saturated carbocycles. The lowest BCUT2D eigenvalue weighted by Gasteiger charge is -2.18. The summed E-state index contributed by atoms with van der Waals surface area (Å²) in [5.41, 5.74) is 1.12. The summed E-state index contributed by atoms with van der Waals surface area (Å²) >= 11 is 0. The molecule has 0 saturated heterocycles. The van der Waals surface area contributed by atoms with Crippen molar-refractivity contribution in [2.75, 3.05) is 20.2 Å². The van der Waals surface area contributed by atoms with E-state index in [4.69, 9.17) is 4.74 Å². The minimum Gasteiger partial charge on any atom is -0.491 e.